The Labute approximate surface area is 145 Å². The lowest BCUT2D eigenvalue weighted by Gasteiger charge is -2.51. The second kappa shape index (κ2) is 5.58. The van der Waals surface area contributed by atoms with Gasteiger partial charge in [0.05, 0.1) is 10.8 Å². The van der Waals surface area contributed by atoms with E-state index >= 15 is 0 Å². The van der Waals surface area contributed by atoms with Crippen LogP contribution in [0, 0.1) is 13.8 Å². The highest BCUT2D eigenvalue weighted by molar-refractivity contribution is 6.00. The van der Waals surface area contributed by atoms with Crippen LogP contribution in [-0.4, -0.2) is 5.78 Å². The van der Waals surface area contributed by atoms with Gasteiger partial charge in [-0.3, -0.25) is 4.79 Å². The van der Waals surface area contributed by atoms with Crippen molar-refractivity contribution in [2.24, 2.45) is 0 Å². The van der Waals surface area contributed by atoms with E-state index in [1.165, 1.54) is 35.1 Å². The molecule has 0 aliphatic heterocycles. The summed E-state index contributed by atoms with van der Waals surface area (Å²) in [5.41, 5.74) is 4.53. The number of hydrogen-bond donors (Lipinski definition) is 0. The Kier molecular flexibility index (Phi) is 3.63. The maximum absolute atomic E-state index is 13.8. The van der Waals surface area contributed by atoms with Crippen molar-refractivity contribution in [3.05, 3.63) is 70.8 Å². The predicted octanol–water partition coefficient (Wildman–Crippen LogP) is 5.42. The van der Waals surface area contributed by atoms with E-state index in [1.54, 1.807) is 0 Å². The van der Waals surface area contributed by atoms with Gasteiger partial charge in [0, 0.05) is 0 Å². The van der Waals surface area contributed by atoms with Gasteiger partial charge in [0.25, 0.3) is 0 Å². The van der Waals surface area contributed by atoms with E-state index in [0.717, 1.165) is 25.7 Å². The first kappa shape index (κ1) is 15.6. The highest BCUT2D eigenvalue weighted by Crippen LogP contribution is 2.55. The van der Waals surface area contributed by atoms with E-state index in [-0.39, 0.29) is 10.8 Å². The van der Waals surface area contributed by atoms with E-state index in [9.17, 15) is 4.79 Å². The van der Waals surface area contributed by atoms with Crippen molar-refractivity contribution in [2.45, 2.75) is 63.2 Å². The fourth-order valence-corrected chi connectivity index (χ4v) is 4.56. The molecule has 0 heterocycles. The average Bonchev–Trinajstić information content (AvgIpc) is 2.49. The van der Waals surface area contributed by atoms with Gasteiger partial charge in [-0.15, -0.1) is 0 Å². The zero-order chi connectivity index (χ0) is 16.8. The Balaban J connectivity index is 1.74. The number of hydrogen-bond acceptors (Lipinski definition) is 1. The van der Waals surface area contributed by atoms with Gasteiger partial charge in [0.1, 0.15) is 0 Å². The summed E-state index contributed by atoms with van der Waals surface area (Å²) in [7, 11) is 0. The third-order valence-electron chi connectivity index (χ3n) is 6.49. The Bertz CT molecular complexity index is 678. The van der Waals surface area contributed by atoms with Crippen molar-refractivity contribution < 1.29 is 4.79 Å². The van der Waals surface area contributed by atoms with Gasteiger partial charge in [0.2, 0.25) is 0 Å². The van der Waals surface area contributed by atoms with Crippen molar-refractivity contribution in [1.82, 2.24) is 0 Å². The monoisotopic (exact) mass is 318 g/mol. The van der Waals surface area contributed by atoms with Crippen LogP contribution >= 0.6 is 0 Å². The number of Topliss-reactive ketones (excluding diaryl/α,β-unsaturated/α-hetero) is 1. The normalized spacial score (nSPS) is 20.8. The first-order chi connectivity index (χ1) is 11.6. The molecular formula is C23H26O. The quantitative estimate of drug-likeness (QED) is 0.736. The molecule has 0 aromatic heterocycles. The number of carbonyl (C=O) groups excluding carboxylic acids is 1. The number of ketones is 1. The van der Waals surface area contributed by atoms with E-state index in [2.05, 4.69) is 62.4 Å². The van der Waals surface area contributed by atoms with Crippen LogP contribution in [0.2, 0.25) is 0 Å². The summed E-state index contributed by atoms with van der Waals surface area (Å²) < 4.78 is 0. The van der Waals surface area contributed by atoms with Gasteiger partial charge in [-0.25, -0.2) is 0 Å². The van der Waals surface area contributed by atoms with E-state index in [1.807, 2.05) is 0 Å². The first-order valence-electron chi connectivity index (χ1n) is 9.26. The van der Waals surface area contributed by atoms with Crippen LogP contribution in [0.4, 0.5) is 0 Å². The molecule has 0 amide bonds. The molecule has 124 valence electrons. The summed E-state index contributed by atoms with van der Waals surface area (Å²) >= 11 is 0. The number of benzene rings is 2. The second-order valence-corrected chi connectivity index (χ2v) is 7.93. The lowest BCUT2D eigenvalue weighted by molar-refractivity contribution is -0.137. The molecule has 0 atom stereocenters. The molecule has 0 unspecified atom stereocenters. The maximum Gasteiger partial charge on any atom is 0.153 e. The summed E-state index contributed by atoms with van der Waals surface area (Å²) in [6, 6.07) is 17.4. The molecule has 2 aromatic rings. The van der Waals surface area contributed by atoms with Crippen molar-refractivity contribution in [3.63, 3.8) is 0 Å². The Hall–Kier alpha value is -1.89. The number of carbonyl (C=O) groups is 1. The second-order valence-electron chi connectivity index (χ2n) is 7.93. The molecule has 2 aliphatic carbocycles. The predicted molar refractivity (Wildman–Crippen MR) is 98.4 cm³/mol. The molecular weight excluding hydrogens is 292 g/mol. The van der Waals surface area contributed by atoms with Crippen LogP contribution in [0.1, 0.15) is 60.8 Å². The lowest BCUT2D eigenvalue weighted by Crippen LogP contribution is -2.55. The van der Waals surface area contributed by atoms with Gasteiger partial charge in [-0.1, -0.05) is 72.5 Å². The molecule has 0 saturated heterocycles. The van der Waals surface area contributed by atoms with E-state index in [0.29, 0.717) is 5.78 Å². The van der Waals surface area contributed by atoms with Crippen molar-refractivity contribution >= 4 is 5.78 Å². The van der Waals surface area contributed by atoms with Crippen LogP contribution in [0.5, 0.6) is 0 Å². The molecule has 24 heavy (non-hydrogen) atoms. The average molecular weight is 318 g/mol. The number of rotatable bonds is 4. The minimum Gasteiger partial charge on any atom is -0.298 e. The summed E-state index contributed by atoms with van der Waals surface area (Å²) in [4.78, 5) is 13.8. The van der Waals surface area contributed by atoms with Crippen LogP contribution in [-0.2, 0) is 15.6 Å². The molecule has 0 N–H and O–H groups in total. The van der Waals surface area contributed by atoms with E-state index < -0.39 is 0 Å². The standard InChI is InChI=1S/C23H26O/c1-17-5-9-19(10-6-17)22(13-3-14-22)21(24)23(15-4-16-23)20-11-7-18(2)8-12-20/h5-12H,3-4,13-16H2,1-2H3. The van der Waals surface area contributed by atoms with Gasteiger partial charge >= 0.3 is 0 Å². The Morgan fingerprint density at radius 2 is 1.00 bits per heavy atom. The first-order valence-corrected chi connectivity index (χ1v) is 9.26. The lowest BCUT2D eigenvalue weighted by atomic mass is 9.50. The minimum atomic E-state index is -0.237. The fourth-order valence-electron chi connectivity index (χ4n) is 4.56. The minimum absolute atomic E-state index is 0.237. The summed E-state index contributed by atoms with van der Waals surface area (Å²) in [5.74, 6) is 0.486. The Morgan fingerprint density at radius 1 is 0.667 bits per heavy atom. The molecule has 1 heteroatoms. The SMILES string of the molecule is Cc1ccc(C2(C(=O)C3(c4ccc(C)cc4)CCC3)CCC2)cc1. The summed E-state index contributed by atoms with van der Waals surface area (Å²) in [6.07, 6.45) is 6.41. The van der Waals surface area contributed by atoms with Gasteiger partial charge in [-0.05, 0) is 50.7 Å². The molecule has 4 rings (SSSR count). The maximum atomic E-state index is 13.8. The molecule has 2 aromatic carbocycles. The molecule has 0 radical (unpaired) electrons. The topological polar surface area (TPSA) is 17.1 Å². The molecule has 1 nitrogen and oxygen atoms in total. The van der Waals surface area contributed by atoms with Crippen molar-refractivity contribution in [2.75, 3.05) is 0 Å². The van der Waals surface area contributed by atoms with Gasteiger partial charge in [0.15, 0.2) is 5.78 Å². The number of aryl methyl sites for hydroxylation is 2. The van der Waals surface area contributed by atoms with Crippen LogP contribution in [0.25, 0.3) is 0 Å². The molecule has 2 aliphatic rings. The van der Waals surface area contributed by atoms with Crippen molar-refractivity contribution in [1.29, 1.82) is 0 Å². The Morgan fingerprint density at radius 3 is 1.25 bits per heavy atom. The third kappa shape index (κ3) is 2.17. The third-order valence-corrected chi connectivity index (χ3v) is 6.49. The highest BCUT2D eigenvalue weighted by Gasteiger charge is 2.56. The molecule has 0 spiro atoms. The van der Waals surface area contributed by atoms with E-state index in [4.69, 9.17) is 0 Å². The zero-order valence-electron chi connectivity index (χ0n) is 14.8. The molecule has 0 bridgehead atoms. The largest absolute Gasteiger partial charge is 0.298 e. The fraction of sp³-hybridized carbons (Fsp3) is 0.435. The summed E-state index contributed by atoms with van der Waals surface area (Å²) in [6.45, 7) is 4.22. The summed E-state index contributed by atoms with van der Waals surface area (Å²) in [5, 5.41) is 0. The smallest absolute Gasteiger partial charge is 0.153 e. The van der Waals surface area contributed by atoms with Gasteiger partial charge < -0.3 is 0 Å². The molecule has 2 saturated carbocycles. The van der Waals surface area contributed by atoms with Crippen LogP contribution < -0.4 is 0 Å². The zero-order valence-corrected chi connectivity index (χ0v) is 14.8. The highest BCUT2D eigenvalue weighted by atomic mass is 16.1. The van der Waals surface area contributed by atoms with Crippen LogP contribution in [0.3, 0.4) is 0 Å². The van der Waals surface area contributed by atoms with Gasteiger partial charge in [-0.2, -0.15) is 0 Å². The van der Waals surface area contributed by atoms with Crippen molar-refractivity contribution in [3.8, 4) is 0 Å². The molecule has 2 fully saturated rings. The van der Waals surface area contributed by atoms with Crippen LogP contribution in [0.15, 0.2) is 48.5 Å².